The molecule has 1 fully saturated rings. The first-order chi connectivity index (χ1) is 16.7. The molecule has 1 saturated heterocycles. The fourth-order valence-electron chi connectivity index (χ4n) is 4.41. The predicted molar refractivity (Wildman–Crippen MR) is 136 cm³/mol. The van der Waals surface area contributed by atoms with Crippen LogP contribution in [0.25, 0.3) is 6.08 Å². The van der Waals surface area contributed by atoms with Gasteiger partial charge in [-0.1, -0.05) is 30.3 Å². The Morgan fingerprint density at radius 1 is 0.824 bits per heavy atom. The summed E-state index contributed by atoms with van der Waals surface area (Å²) < 4.78 is 10.9. The number of para-hydroxylation sites is 1. The van der Waals surface area contributed by atoms with Gasteiger partial charge in [-0.25, -0.2) is 0 Å². The van der Waals surface area contributed by atoms with Gasteiger partial charge in [0.05, 0.1) is 25.5 Å². The van der Waals surface area contributed by atoms with Crippen molar-refractivity contribution in [3.05, 3.63) is 89.5 Å². The van der Waals surface area contributed by atoms with E-state index in [1.165, 1.54) is 23.5 Å². The number of hydrogen-bond acceptors (Lipinski definition) is 5. The molecule has 0 aromatic heterocycles. The van der Waals surface area contributed by atoms with Crippen LogP contribution in [0.4, 0.5) is 11.4 Å². The highest BCUT2D eigenvalue weighted by atomic mass is 16.5. The number of carbonyl (C=O) groups excluding carboxylic acids is 1. The van der Waals surface area contributed by atoms with Crippen LogP contribution in [0.2, 0.25) is 0 Å². The minimum atomic E-state index is -0.167. The standard InChI is InChI=1S/C28H27N3O3/c1-33-25-15-12-21(19-26(25)34-2)27-24(28(32)31(29-27)23-8-4-3-5-9-23)18-20-10-13-22(14-11-20)30-16-6-7-17-30/h3-5,8-15,18-19H,6-7,16-17H2,1-2H3/b24-18-. The van der Waals surface area contributed by atoms with Crippen molar-refractivity contribution in [1.82, 2.24) is 0 Å². The van der Waals surface area contributed by atoms with Crippen LogP contribution in [-0.4, -0.2) is 38.9 Å². The van der Waals surface area contributed by atoms with E-state index < -0.39 is 0 Å². The van der Waals surface area contributed by atoms with Crippen LogP contribution >= 0.6 is 0 Å². The average Bonchev–Trinajstić information content (AvgIpc) is 3.54. The topological polar surface area (TPSA) is 54.4 Å². The second kappa shape index (κ2) is 9.43. The van der Waals surface area contributed by atoms with Crippen molar-refractivity contribution in [1.29, 1.82) is 0 Å². The Balaban J connectivity index is 1.55. The maximum Gasteiger partial charge on any atom is 0.281 e. The third-order valence-corrected chi connectivity index (χ3v) is 6.21. The summed E-state index contributed by atoms with van der Waals surface area (Å²) in [5.74, 6) is 1.04. The zero-order chi connectivity index (χ0) is 23.5. The summed E-state index contributed by atoms with van der Waals surface area (Å²) in [6, 6.07) is 23.4. The van der Waals surface area contributed by atoms with Crippen molar-refractivity contribution in [3.63, 3.8) is 0 Å². The zero-order valence-electron chi connectivity index (χ0n) is 19.4. The number of ether oxygens (including phenoxy) is 2. The lowest BCUT2D eigenvalue weighted by atomic mass is 9.99. The van der Waals surface area contributed by atoms with Gasteiger partial charge < -0.3 is 14.4 Å². The van der Waals surface area contributed by atoms with Crippen molar-refractivity contribution in [3.8, 4) is 11.5 Å². The molecule has 0 spiro atoms. The molecule has 0 atom stereocenters. The van der Waals surface area contributed by atoms with Crippen LogP contribution in [0.1, 0.15) is 24.0 Å². The molecule has 6 heteroatoms. The molecule has 0 bridgehead atoms. The Hall–Kier alpha value is -4.06. The van der Waals surface area contributed by atoms with Crippen LogP contribution in [0.5, 0.6) is 11.5 Å². The number of anilines is 2. The lowest BCUT2D eigenvalue weighted by Crippen LogP contribution is -2.21. The molecule has 2 aliphatic rings. The Morgan fingerprint density at radius 3 is 2.21 bits per heavy atom. The van der Waals surface area contributed by atoms with E-state index in [1.807, 2.05) is 54.6 Å². The average molecular weight is 454 g/mol. The Kier molecular flexibility index (Phi) is 6.04. The summed E-state index contributed by atoms with van der Waals surface area (Å²) in [7, 11) is 3.20. The lowest BCUT2D eigenvalue weighted by molar-refractivity contribution is -0.114. The molecule has 172 valence electrons. The van der Waals surface area contributed by atoms with Gasteiger partial charge in [-0.15, -0.1) is 0 Å². The second-order valence-corrected chi connectivity index (χ2v) is 8.31. The zero-order valence-corrected chi connectivity index (χ0v) is 19.4. The molecular formula is C28H27N3O3. The summed E-state index contributed by atoms with van der Waals surface area (Å²) in [6.07, 6.45) is 4.39. The summed E-state index contributed by atoms with van der Waals surface area (Å²) in [5.41, 5.74) is 4.80. The van der Waals surface area contributed by atoms with Crippen molar-refractivity contribution in [2.24, 2.45) is 5.10 Å². The minimum Gasteiger partial charge on any atom is -0.493 e. The molecule has 1 amide bonds. The Bertz CT molecular complexity index is 1240. The highest BCUT2D eigenvalue weighted by Crippen LogP contribution is 2.33. The van der Waals surface area contributed by atoms with E-state index in [0.717, 1.165) is 29.9 Å². The Labute approximate surface area is 199 Å². The molecule has 0 aliphatic carbocycles. The molecule has 2 aliphatic heterocycles. The van der Waals surface area contributed by atoms with E-state index in [2.05, 4.69) is 29.2 Å². The van der Waals surface area contributed by atoms with E-state index in [1.54, 1.807) is 14.2 Å². The number of methoxy groups -OCH3 is 2. The van der Waals surface area contributed by atoms with Gasteiger partial charge in [0.25, 0.3) is 5.91 Å². The molecule has 34 heavy (non-hydrogen) atoms. The van der Waals surface area contributed by atoms with Crippen molar-refractivity contribution < 1.29 is 14.3 Å². The van der Waals surface area contributed by atoms with Gasteiger partial charge >= 0.3 is 0 Å². The van der Waals surface area contributed by atoms with Gasteiger partial charge in [0, 0.05) is 24.3 Å². The molecule has 2 heterocycles. The highest BCUT2D eigenvalue weighted by Gasteiger charge is 2.32. The fraction of sp³-hybridized carbons (Fsp3) is 0.214. The quantitative estimate of drug-likeness (QED) is 0.485. The van der Waals surface area contributed by atoms with Crippen molar-refractivity contribution in [2.45, 2.75) is 12.8 Å². The molecule has 6 nitrogen and oxygen atoms in total. The SMILES string of the molecule is COc1ccc(C2=NN(c3ccccc3)C(=O)/C2=C\c2ccc(N3CCCC3)cc2)cc1OC. The van der Waals surface area contributed by atoms with E-state index in [4.69, 9.17) is 14.6 Å². The monoisotopic (exact) mass is 453 g/mol. The van der Waals surface area contributed by atoms with E-state index >= 15 is 0 Å². The molecular weight excluding hydrogens is 426 g/mol. The minimum absolute atomic E-state index is 0.167. The van der Waals surface area contributed by atoms with Crippen LogP contribution < -0.4 is 19.4 Å². The predicted octanol–water partition coefficient (Wildman–Crippen LogP) is 5.14. The summed E-state index contributed by atoms with van der Waals surface area (Å²) in [6.45, 7) is 2.20. The third-order valence-electron chi connectivity index (χ3n) is 6.21. The van der Waals surface area contributed by atoms with E-state index in [-0.39, 0.29) is 5.91 Å². The van der Waals surface area contributed by atoms with Crippen molar-refractivity contribution in [2.75, 3.05) is 37.2 Å². The second-order valence-electron chi connectivity index (χ2n) is 8.31. The van der Waals surface area contributed by atoms with Crippen LogP contribution in [0.3, 0.4) is 0 Å². The molecule has 3 aromatic carbocycles. The number of amides is 1. The largest absolute Gasteiger partial charge is 0.493 e. The third kappa shape index (κ3) is 4.15. The number of benzene rings is 3. The fourth-order valence-corrected chi connectivity index (χ4v) is 4.41. The number of nitrogens with zero attached hydrogens (tertiary/aromatic N) is 3. The van der Waals surface area contributed by atoms with Gasteiger partial charge in [-0.05, 0) is 66.9 Å². The highest BCUT2D eigenvalue weighted by molar-refractivity contribution is 6.37. The van der Waals surface area contributed by atoms with Gasteiger partial charge in [0.2, 0.25) is 0 Å². The van der Waals surface area contributed by atoms with Crippen LogP contribution in [-0.2, 0) is 4.79 Å². The van der Waals surface area contributed by atoms with Gasteiger partial charge in [0.1, 0.15) is 5.71 Å². The van der Waals surface area contributed by atoms with Crippen LogP contribution in [0.15, 0.2) is 83.5 Å². The van der Waals surface area contributed by atoms with Gasteiger partial charge in [0.15, 0.2) is 11.5 Å². The lowest BCUT2D eigenvalue weighted by Gasteiger charge is -2.17. The summed E-state index contributed by atoms with van der Waals surface area (Å²) in [4.78, 5) is 15.9. The smallest absolute Gasteiger partial charge is 0.281 e. The van der Waals surface area contributed by atoms with E-state index in [9.17, 15) is 4.79 Å². The molecule has 0 saturated carbocycles. The summed E-state index contributed by atoms with van der Waals surface area (Å²) in [5, 5.41) is 6.18. The van der Waals surface area contributed by atoms with Crippen LogP contribution in [0, 0.1) is 0 Å². The number of rotatable bonds is 6. The maximum atomic E-state index is 13.5. The number of hydrazone groups is 1. The molecule has 0 N–H and O–H groups in total. The van der Waals surface area contributed by atoms with Gasteiger partial charge in [-0.2, -0.15) is 10.1 Å². The molecule has 3 aromatic rings. The summed E-state index contributed by atoms with van der Waals surface area (Å²) >= 11 is 0. The first kappa shape index (κ1) is 21.8. The first-order valence-corrected chi connectivity index (χ1v) is 11.5. The normalized spacial score (nSPS) is 16.8. The maximum absolute atomic E-state index is 13.5. The first-order valence-electron chi connectivity index (χ1n) is 11.5. The van der Waals surface area contributed by atoms with Gasteiger partial charge in [-0.3, -0.25) is 4.79 Å². The molecule has 0 radical (unpaired) electrons. The van der Waals surface area contributed by atoms with Crippen molar-refractivity contribution >= 4 is 29.1 Å². The number of hydrogen-bond donors (Lipinski definition) is 0. The number of carbonyl (C=O) groups is 1. The molecule has 5 rings (SSSR count). The Morgan fingerprint density at radius 2 is 1.53 bits per heavy atom. The molecule has 0 unspecified atom stereocenters. The van der Waals surface area contributed by atoms with E-state index in [0.29, 0.717) is 22.8 Å².